The molecule has 0 aromatic carbocycles. The van der Waals surface area contributed by atoms with Crippen LogP contribution in [-0.2, 0) is 9.53 Å². The summed E-state index contributed by atoms with van der Waals surface area (Å²) in [6, 6.07) is 0.752. The minimum atomic E-state index is -5.08. The van der Waals surface area contributed by atoms with E-state index in [0.717, 1.165) is 39.0 Å². The first-order valence-corrected chi connectivity index (χ1v) is 9.18. The number of carbonyl (C=O) groups excluding carboxylic acids is 1. The summed E-state index contributed by atoms with van der Waals surface area (Å²) in [5, 5.41) is 7.12. The molecule has 1 atom stereocenters. The molecule has 0 saturated carbocycles. The summed E-state index contributed by atoms with van der Waals surface area (Å²) in [6.07, 6.45) is 0.758. The molecule has 1 spiro atoms. The monoisotopic (exact) mass is 395 g/mol. The lowest BCUT2D eigenvalue weighted by Gasteiger charge is -2.39. The fourth-order valence-corrected chi connectivity index (χ4v) is 3.90. The lowest BCUT2D eigenvalue weighted by molar-refractivity contribution is -0.192. The van der Waals surface area contributed by atoms with Gasteiger partial charge in [-0.3, -0.25) is 4.90 Å². The summed E-state index contributed by atoms with van der Waals surface area (Å²) in [5.74, 6) is -2.76. The Hall–Kier alpha value is -1.55. The molecule has 7 nitrogen and oxygen atoms in total. The van der Waals surface area contributed by atoms with Gasteiger partial charge in [0, 0.05) is 33.2 Å². The van der Waals surface area contributed by atoms with Crippen LogP contribution < -0.4 is 0 Å². The van der Waals surface area contributed by atoms with E-state index in [1.165, 1.54) is 25.9 Å². The third-order valence-corrected chi connectivity index (χ3v) is 5.42. The lowest BCUT2D eigenvalue weighted by Crippen LogP contribution is -2.49. The number of nitrogens with zero attached hydrogens (tertiary/aromatic N) is 3. The van der Waals surface area contributed by atoms with Crippen LogP contribution in [0.4, 0.5) is 18.0 Å². The number of piperidine rings is 1. The zero-order chi connectivity index (χ0) is 20.2. The molecular weight excluding hydrogens is 367 g/mol. The molecule has 1 N–H and O–H groups in total. The van der Waals surface area contributed by atoms with Gasteiger partial charge in [-0.2, -0.15) is 13.2 Å². The van der Waals surface area contributed by atoms with E-state index < -0.39 is 12.1 Å². The van der Waals surface area contributed by atoms with Crippen LogP contribution in [0.2, 0.25) is 0 Å². The van der Waals surface area contributed by atoms with Crippen molar-refractivity contribution in [1.29, 1.82) is 0 Å². The molecule has 3 saturated heterocycles. The van der Waals surface area contributed by atoms with Gasteiger partial charge in [0.2, 0.25) is 0 Å². The van der Waals surface area contributed by atoms with Gasteiger partial charge in [0.15, 0.2) is 0 Å². The summed E-state index contributed by atoms with van der Waals surface area (Å²) in [6.45, 7) is 5.06. The molecule has 1 unspecified atom stereocenters. The quantitative estimate of drug-likeness (QED) is 0.736. The molecular formula is C17H28F3N3O4. The van der Waals surface area contributed by atoms with E-state index in [1.807, 2.05) is 19.0 Å². The van der Waals surface area contributed by atoms with Crippen molar-refractivity contribution in [3.8, 4) is 0 Å². The van der Waals surface area contributed by atoms with Gasteiger partial charge in [-0.1, -0.05) is 0 Å². The Kier molecular flexibility index (Phi) is 6.96. The smallest absolute Gasteiger partial charge is 0.475 e. The van der Waals surface area contributed by atoms with E-state index in [9.17, 15) is 18.0 Å². The number of rotatable bonds is 1. The van der Waals surface area contributed by atoms with Crippen LogP contribution in [0.1, 0.15) is 32.1 Å². The Bertz CT molecular complexity index is 528. The minimum absolute atomic E-state index is 0.0519. The minimum Gasteiger partial charge on any atom is -0.475 e. The average molecular weight is 395 g/mol. The van der Waals surface area contributed by atoms with Gasteiger partial charge in [-0.05, 0) is 45.2 Å². The predicted molar refractivity (Wildman–Crippen MR) is 91.5 cm³/mol. The highest BCUT2D eigenvalue weighted by molar-refractivity contribution is 5.74. The van der Waals surface area contributed by atoms with E-state index in [2.05, 4.69) is 4.90 Å². The SMILES string of the molecule is CN(C)C(=O)N1CCC2(CC1)CC(N1CCCC1)CO2.O=C(O)C(F)(F)F. The molecule has 3 aliphatic heterocycles. The van der Waals surface area contributed by atoms with Crippen molar-refractivity contribution in [3.63, 3.8) is 0 Å². The zero-order valence-corrected chi connectivity index (χ0v) is 15.8. The van der Waals surface area contributed by atoms with E-state index in [0.29, 0.717) is 6.04 Å². The zero-order valence-electron chi connectivity index (χ0n) is 15.8. The number of carboxylic acid groups (broad SMARTS) is 1. The normalized spacial score (nSPS) is 25.2. The van der Waals surface area contributed by atoms with Crippen LogP contribution in [0.3, 0.4) is 0 Å². The third-order valence-electron chi connectivity index (χ3n) is 5.42. The molecule has 0 aromatic rings. The second-order valence-electron chi connectivity index (χ2n) is 7.56. The molecule has 3 aliphatic rings. The molecule has 3 fully saturated rings. The van der Waals surface area contributed by atoms with Gasteiger partial charge in [-0.25, -0.2) is 9.59 Å². The summed E-state index contributed by atoms with van der Waals surface area (Å²) in [4.78, 5) is 27.1. The first kappa shape index (κ1) is 21.7. The fraction of sp³-hybridized carbons (Fsp3) is 0.882. The van der Waals surface area contributed by atoms with Crippen LogP contribution in [0.5, 0.6) is 0 Å². The van der Waals surface area contributed by atoms with Crippen molar-refractivity contribution < 1.29 is 32.6 Å². The molecule has 0 aromatic heterocycles. The summed E-state index contributed by atoms with van der Waals surface area (Å²) in [5.41, 5.74) is 0.0519. The number of aliphatic carboxylic acids is 1. The first-order chi connectivity index (χ1) is 12.5. The van der Waals surface area contributed by atoms with Gasteiger partial charge < -0.3 is 19.6 Å². The summed E-state index contributed by atoms with van der Waals surface area (Å²) >= 11 is 0. The van der Waals surface area contributed by atoms with Crippen LogP contribution in [0, 0.1) is 0 Å². The number of hydrogen-bond acceptors (Lipinski definition) is 4. The Morgan fingerprint density at radius 1 is 1.11 bits per heavy atom. The van der Waals surface area contributed by atoms with Crippen molar-refractivity contribution in [3.05, 3.63) is 0 Å². The number of carboxylic acids is 1. The van der Waals surface area contributed by atoms with E-state index in [4.69, 9.17) is 14.6 Å². The van der Waals surface area contributed by atoms with Gasteiger partial charge in [-0.15, -0.1) is 0 Å². The maximum absolute atomic E-state index is 12.0. The second kappa shape index (κ2) is 8.64. The number of halogens is 3. The van der Waals surface area contributed by atoms with Gasteiger partial charge in [0.05, 0.1) is 12.2 Å². The number of amides is 2. The number of ether oxygens (including phenoxy) is 1. The number of likely N-dealkylation sites (tertiary alicyclic amines) is 2. The molecule has 27 heavy (non-hydrogen) atoms. The number of alkyl halides is 3. The molecule has 3 heterocycles. The van der Waals surface area contributed by atoms with Gasteiger partial charge in [0.25, 0.3) is 0 Å². The summed E-state index contributed by atoms with van der Waals surface area (Å²) < 4.78 is 37.9. The second-order valence-corrected chi connectivity index (χ2v) is 7.56. The topological polar surface area (TPSA) is 73.3 Å². The average Bonchev–Trinajstić information content (AvgIpc) is 3.25. The van der Waals surface area contributed by atoms with E-state index in [1.54, 1.807) is 4.90 Å². The lowest BCUT2D eigenvalue weighted by atomic mass is 9.87. The highest BCUT2D eigenvalue weighted by Gasteiger charge is 2.45. The van der Waals surface area contributed by atoms with Crippen LogP contribution in [0.15, 0.2) is 0 Å². The Balaban J connectivity index is 0.000000321. The maximum Gasteiger partial charge on any atom is 0.490 e. The molecule has 0 radical (unpaired) electrons. The van der Waals surface area contributed by atoms with Crippen LogP contribution >= 0.6 is 0 Å². The molecule has 2 amide bonds. The molecule has 10 heteroatoms. The number of urea groups is 1. The largest absolute Gasteiger partial charge is 0.490 e. The van der Waals surface area contributed by atoms with Gasteiger partial charge in [0.1, 0.15) is 0 Å². The summed E-state index contributed by atoms with van der Waals surface area (Å²) in [7, 11) is 3.64. The number of hydrogen-bond donors (Lipinski definition) is 1. The van der Waals surface area contributed by atoms with E-state index >= 15 is 0 Å². The van der Waals surface area contributed by atoms with Crippen molar-refractivity contribution in [2.45, 2.75) is 49.9 Å². The van der Waals surface area contributed by atoms with Crippen molar-refractivity contribution >= 4 is 12.0 Å². The molecule has 0 aliphatic carbocycles. The van der Waals surface area contributed by atoms with Crippen LogP contribution in [0.25, 0.3) is 0 Å². The highest BCUT2D eigenvalue weighted by atomic mass is 19.4. The highest BCUT2D eigenvalue weighted by Crippen LogP contribution is 2.38. The first-order valence-electron chi connectivity index (χ1n) is 9.18. The molecule has 156 valence electrons. The molecule has 0 bridgehead atoms. The predicted octanol–water partition coefficient (Wildman–Crippen LogP) is 2.02. The van der Waals surface area contributed by atoms with Gasteiger partial charge >= 0.3 is 18.2 Å². The van der Waals surface area contributed by atoms with Crippen LogP contribution in [-0.4, -0.2) is 96.5 Å². The van der Waals surface area contributed by atoms with Crippen molar-refractivity contribution in [2.24, 2.45) is 0 Å². The Morgan fingerprint density at radius 3 is 2.07 bits per heavy atom. The Morgan fingerprint density at radius 2 is 1.63 bits per heavy atom. The fourth-order valence-electron chi connectivity index (χ4n) is 3.90. The standard InChI is InChI=1S/C15H27N3O2.C2HF3O2/c1-16(2)14(19)18-9-5-15(6-10-18)11-13(12-20-15)17-7-3-4-8-17;3-2(4,5)1(6)7/h13H,3-12H2,1-2H3;(H,6,7). The van der Waals surface area contributed by atoms with Crippen molar-refractivity contribution in [2.75, 3.05) is 46.9 Å². The Labute approximate surface area is 157 Å². The van der Waals surface area contributed by atoms with E-state index in [-0.39, 0.29) is 11.6 Å². The third kappa shape index (κ3) is 5.71. The molecule has 3 rings (SSSR count). The maximum atomic E-state index is 12.0. The van der Waals surface area contributed by atoms with Crippen molar-refractivity contribution in [1.82, 2.24) is 14.7 Å². The number of carbonyl (C=O) groups is 2.